The van der Waals surface area contributed by atoms with Gasteiger partial charge in [0.2, 0.25) is 0 Å². The van der Waals surface area contributed by atoms with E-state index in [2.05, 4.69) is 17.0 Å². The maximum atomic E-state index is 14.1. The number of amides is 1. The minimum atomic E-state index is -4.71. The summed E-state index contributed by atoms with van der Waals surface area (Å²) in [5.41, 5.74) is -0.552. The van der Waals surface area contributed by atoms with E-state index in [4.69, 9.17) is 9.47 Å². The van der Waals surface area contributed by atoms with E-state index in [1.165, 1.54) is 20.3 Å². The van der Waals surface area contributed by atoms with Gasteiger partial charge in [0.25, 0.3) is 5.91 Å². The third-order valence-corrected chi connectivity index (χ3v) is 7.84. The van der Waals surface area contributed by atoms with Crippen molar-refractivity contribution in [3.63, 3.8) is 0 Å². The Balaban J connectivity index is 1.57. The Labute approximate surface area is 213 Å². The number of carbonyl (C=O) groups excluding carboxylic acids is 1. The molecule has 37 heavy (non-hydrogen) atoms. The highest BCUT2D eigenvalue weighted by atomic mass is 19.4. The number of piperidine rings is 1. The van der Waals surface area contributed by atoms with Gasteiger partial charge in [-0.1, -0.05) is 6.92 Å². The number of hydrogen-bond acceptors (Lipinski definition) is 5. The number of likely N-dealkylation sites (tertiary alicyclic amines) is 1. The Morgan fingerprint density at radius 2 is 1.76 bits per heavy atom. The van der Waals surface area contributed by atoms with E-state index < -0.39 is 11.9 Å². The van der Waals surface area contributed by atoms with E-state index in [1.807, 2.05) is 11.8 Å². The molecule has 0 unspecified atom stereocenters. The molecule has 1 saturated heterocycles. The van der Waals surface area contributed by atoms with Gasteiger partial charge in [-0.15, -0.1) is 0 Å². The van der Waals surface area contributed by atoms with Gasteiger partial charge in [-0.3, -0.25) is 4.79 Å². The zero-order valence-electron chi connectivity index (χ0n) is 21.4. The molecule has 0 bridgehead atoms. The smallest absolute Gasteiger partial charge is 0.433 e. The van der Waals surface area contributed by atoms with Crippen molar-refractivity contribution in [3.05, 3.63) is 41.7 Å². The maximum absolute atomic E-state index is 14.1. The van der Waals surface area contributed by atoms with Crippen LogP contribution >= 0.6 is 0 Å². The summed E-state index contributed by atoms with van der Waals surface area (Å²) in [4.78, 5) is 20.0. The molecule has 4 atom stereocenters. The lowest BCUT2D eigenvalue weighted by atomic mass is 9.72. The van der Waals surface area contributed by atoms with Gasteiger partial charge in [-0.05, 0) is 75.1 Å². The standard InChI is InChI=1S/C27H31F3N4O3/c1-15-5-9-21-18(11-15)7-6-16(2)33(21)26(35)20-14-25-31-19(13-24(27(28,29)30)34(25)32-20)17-8-10-22(36-3)23(12-17)37-4/h8,10,12-16,18,21H,5-7,9,11H2,1-4H3/t15-,16+,18-,21-/m1/s1. The van der Waals surface area contributed by atoms with Crippen molar-refractivity contribution in [2.45, 2.75) is 64.2 Å². The molecule has 3 aromatic rings. The average Bonchev–Trinajstić information content (AvgIpc) is 3.31. The maximum Gasteiger partial charge on any atom is 0.433 e. The Morgan fingerprint density at radius 1 is 1.00 bits per heavy atom. The van der Waals surface area contributed by atoms with Crippen molar-refractivity contribution in [1.82, 2.24) is 19.5 Å². The number of nitrogens with zero attached hydrogens (tertiary/aromatic N) is 4. The SMILES string of the molecule is COc1ccc(-c2cc(C(F)(F)F)n3nc(C(=O)N4[C@@H]5CC[C@@H](C)C[C@H]5CC[C@@H]4C)cc3n2)cc1OC. The Hall–Kier alpha value is -3.30. The van der Waals surface area contributed by atoms with Crippen LogP contribution in [0.15, 0.2) is 30.3 Å². The summed E-state index contributed by atoms with van der Waals surface area (Å²) in [6, 6.07) is 7.19. The molecule has 1 aliphatic carbocycles. The van der Waals surface area contributed by atoms with Crippen LogP contribution in [0.1, 0.15) is 62.1 Å². The second kappa shape index (κ2) is 9.54. The van der Waals surface area contributed by atoms with Crippen LogP contribution in [0, 0.1) is 11.8 Å². The molecule has 198 valence electrons. The zero-order valence-corrected chi connectivity index (χ0v) is 21.4. The molecule has 1 saturated carbocycles. The molecule has 0 N–H and O–H groups in total. The number of benzene rings is 1. The molecule has 7 nitrogen and oxygen atoms in total. The van der Waals surface area contributed by atoms with E-state index in [1.54, 1.807) is 18.2 Å². The molecular formula is C27H31F3N4O3. The van der Waals surface area contributed by atoms with Crippen LogP contribution < -0.4 is 9.47 Å². The third kappa shape index (κ3) is 4.62. The van der Waals surface area contributed by atoms with E-state index in [-0.39, 0.29) is 35.0 Å². The number of ether oxygens (including phenoxy) is 2. The summed E-state index contributed by atoms with van der Waals surface area (Å²) in [7, 11) is 2.93. The Morgan fingerprint density at radius 3 is 2.46 bits per heavy atom. The van der Waals surface area contributed by atoms with Crippen LogP contribution in [0.25, 0.3) is 16.9 Å². The summed E-state index contributed by atoms with van der Waals surface area (Å²) in [6.07, 6.45) is 0.257. The third-order valence-electron chi connectivity index (χ3n) is 7.84. The molecule has 2 aromatic heterocycles. The van der Waals surface area contributed by atoms with E-state index in [0.717, 1.165) is 42.7 Å². The predicted molar refractivity (Wildman–Crippen MR) is 132 cm³/mol. The number of carbonyl (C=O) groups is 1. The molecule has 2 aliphatic rings. The second-order valence-corrected chi connectivity index (χ2v) is 10.3. The molecule has 0 spiro atoms. The van der Waals surface area contributed by atoms with Crippen LogP contribution in [-0.4, -0.2) is 51.7 Å². The lowest BCUT2D eigenvalue weighted by Crippen LogP contribution is -2.54. The normalized spacial score (nSPS) is 24.1. The first-order valence-electron chi connectivity index (χ1n) is 12.6. The first-order chi connectivity index (χ1) is 17.6. The number of rotatable bonds is 4. The molecule has 0 radical (unpaired) electrons. The molecule has 3 heterocycles. The zero-order chi connectivity index (χ0) is 26.5. The second-order valence-electron chi connectivity index (χ2n) is 10.3. The van der Waals surface area contributed by atoms with Crippen LogP contribution in [0.3, 0.4) is 0 Å². The molecule has 2 fully saturated rings. The van der Waals surface area contributed by atoms with Crippen LogP contribution in [-0.2, 0) is 6.18 Å². The van der Waals surface area contributed by atoms with Crippen molar-refractivity contribution in [2.75, 3.05) is 14.2 Å². The number of alkyl halides is 3. The van der Waals surface area contributed by atoms with E-state index in [0.29, 0.717) is 28.9 Å². The van der Waals surface area contributed by atoms with Crippen molar-refractivity contribution in [3.8, 4) is 22.8 Å². The molecular weight excluding hydrogens is 485 g/mol. The van der Waals surface area contributed by atoms with Crippen molar-refractivity contribution in [1.29, 1.82) is 0 Å². The van der Waals surface area contributed by atoms with Gasteiger partial charge < -0.3 is 14.4 Å². The van der Waals surface area contributed by atoms with Gasteiger partial charge in [-0.25, -0.2) is 9.50 Å². The van der Waals surface area contributed by atoms with Gasteiger partial charge in [-0.2, -0.15) is 18.3 Å². The van der Waals surface area contributed by atoms with Crippen molar-refractivity contribution >= 4 is 11.6 Å². The largest absolute Gasteiger partial charge is 0.493 e. The molecule has 1 aromatic carbocycles. The quantitative estimate of drug-likeness (QED) is 0.434. The molecule has 10 heteroatoms. The van der Waals surface area contributed by atoms with Crippen molar-refractivity contribution in [2.24, 2.45) is 11.8 Å². The van der Waals surface area contributed by atoms with Crippen LogP contribution in [0.2, 0.25) is 0 Å². The van der Waals surface area contributed by atoms with Crippen molar-refractivity contribution < 1.29 is 27.4 Å². The van der Waals surface area contributed by atoms with Gasteiger partial charge in [0.1, 0.15) is 0 Å². The van der Waals surface area contributed by atoms with Crippen LogP contribution in [0.5, 0.6) is 11.5 Å². The molecule has 1 amide bonds. The predicted octanol–water partition coefficient (Wildman–Crippen LogP) is 5.86. The number of hydrogen-bond donors (Lipinski definition) is 0. The highest BCUT2D eigenvalue weighted by Gasteiger charge is 2.42. The first-order valence-corrected chi connectivity index (χ1v) is 12.6. The van der Waals surface area contributed by atoms with Crippen LogP contribution in [0.4, 0.5) is 13.2 Å². The lowest BCUT2D eigenvalue weighted by molar-refractivity contribution is -0.142. The fourth-order valence-electron chi connectivity index (χ4n) is 5.99. The molecule has 5 rings (SSSR count). The average molecular weight is 517 g/mol. The lowest BCUT2D eigenvalue weighted by Gasteiger charge is -2.48. The van der Waals surface area contributed by atoms with E-state index in [9.17, 15) is 18.0 Å². The monoisotopic (exact) mass is 516 g/mol. The number of aromatic nitrogens is 3. The topological polar surface area (TPSA) is 69.0 Å². The Kier molecular flexibility index (Phi) is 6.53. The fraction of sp³-hybridized carbons (Fsp3) is 0.519. The molecule has 1 aliphatic heterocycles. The van der Waals surface area contributed by atoms with Gasteiger partial charge in [0.05, 0.1) is 19.9 Å². The minimum absolute atomic E-state index is 0.00402. The summed E-state index contributed by atoms with van der Waals surface area (Å²) in [6.45, 7) is 4.25. The van der Waals surface area contributed by atoms with Gasteiger partial charge in [0, 0.05) is 23.7 Å². The van der Waals surface area contributed by atoms with E-state index >= 15 is 0 Å². The highest BCUT2D eigenvalue weighted by molar-refractivity contribution is 5.94. The van der Waals surface area contributed by atoms with Gasteiger partial charge in [0.15, 0.2) is 28.5 Å². The Bertz CT molecular complexity index is 1320. The minimum Gasteiger partial charge on any atom is -0.493 e. The summed E-state index contributed by atoms with van der Waals surface area (Å²) >= 11 is 0. The highest BCUT2D eigenvalue weighted by Crippen LogP contribution is 2.41. The summed E-state index contributed by atoms with van der Waals surface area (Å²) in [5, 5.41) is 4.14. The fourth-order valence-corrected chi connectivity index (χ4v) is 5.99. The summed E-state index contributed by atoms with van der Waals surface area (Å²) < 4.78 is 53.7. The number of methoxy groups -OCH3 is 2. The summed E-state index contributed by atoms with van der Waals surface area (Å²) in [5.74, 6) is 1.53. The first kappa shape index (κ1) is 25.4. The number of halogens is 3. The number of fused-ring (bicyclic) bond motifs is 2. The van der Waals surface area contributed by atoms with Gasteiger partial charge >= 0.3 is 6.18 Å².